The maximum absolute atomic E-state index is 12.3. The molecule has 1 aliphatic rings. The molecule has 1 aromatic heterocycles. The Morgan fingerprint density at radius 1 is 1.45 bits per heavy atom. The molecule has 0 aliphatic heterocycles. The van der Waals surface area contributed by atoms with Gasteiger partial charge >= 0.3 is 0 Å². The third-order valence-corrected chi connectivity index (χ3v) is 5.99. The van der Waals surface area contributed by atoms with Crippen molar-refractivity contribution in [1.29, 1.82) is 0 Å². The van der Waals surface area contributed by atoms with Gasteiger partial charge in [0.15, 0.2) is 4.67 Å². The highest BCUT2D eigenvalue weighted by Crippen LogP contribution is 2.31. The molecule has 2 N–H and O–H groups in total. The minimum absolute atomic E-state index is 0.175. The second kappa shape index (κ2) is 6.60. The van der Waals surface area contributed by atoms with Gasteiger partial charge in [-0.1, -0.05) is 13.3 Å². The van der Waals surface area contributed by atoms with Crippen LogP contribution in [0.15, 0.2) is 20.0 Å². The Bertz CT molecular complexity index is 556. The second-order valence-electron chi connectivity index (χ2n) is 5.52. The van der Waals surface area contributed by atoms with Gasteiger partial charge < -0.3 is 9.73 Å². The predicted octanol–water partition coefficient (Wildman–Crippen LogP) is 2.48. The molecule has 0 amide bonds. The van der Waals surface area contributed by atoms with E-state index in [9.17, 15) is 8.42 Å². The number of rotatable bonds is 6. The zero-order chi connectivity index (χ0) is 14.8. The van der Waals surface area contributed by atoms with Crippen molar-refractivity contribution >= 4 is 26.0 Å². The number of hydrogen-bond acceptors (Lipinski definition) is 4. The fraction of sp³-hybridized carbons (Fsp3) is 0.692. The highest BCUT2D eigenvalue weighted by Gasteiger charge is 2.26. The monoisotopic (exact) mass is 364 g/mol. The Morgan fingerprint density at radius 2 is 2.20 bits per heavy atom. The van der Waals surface area contributed by atoms with Gasteiger partial charge in [-0.05, 0) is 47.7 Å². The first kappa shape index (κ1) is 16.0. The molecule has 0 saturated heterocycles. The molecule has 0 radical (unpaired) electrons. The number of furan rings is 1. The van der Waals surface area contributed by atoms with Crippen molar-refractivity contribution in [3.05, 3.63) is 16.5 Å². The Hall–Kier alpha value is -0.370. The minimum Gasteiger partial charge on any atom is -0.452 e. The zero-order valence-electron chi connectivity index (χ0n) is 11.8. The topological polar surface area (TPSA) is 71.3 Å². The van der Waals surface area contributed by atoms with Crippen LogP contribution < -0.4 is 10.0 Å². The molecule has 2 atom stereocenters. The fourth-order valence-corrected chi connectivity index (χ4v) is 4.77. The lowest BCUT2D eigenvalue weighted by atomic mass is 10.1. The Labute approximate surface area is 128 Å². The predicted molar refractivity (Wildman–Crippen MR) is 80.9 cm³/mol. The summed E-state index contributed by atoms with van der Waals surface area (Å²) < 4.78 is 32.9. The molecule has 1 fully saturated rings. The summed E-state index contributed by atoms with van der Waals surface area (Å²) in [6, 6.07) is 1.56. The van der Waals surface area contributed by atoms with E-state index in [4.69, 9.17) is 4.42 Å². The molecule has 7 heteroatoms. The minimum atomic E-state index is -3.51. The highest BCUT2D eigenvalue weighted by atomic mass is 79.9. The Balaban J connectivity index is 2.02. The van der Waals surface area contributed by atoms with Gasteiger partial charge in [0.1, 0.15) is 10.7 Å². The second-order valence-corrected chi connectivity index (χ2v) is 7.97. The summed E-state index contributed by atoms with van der Waals surface area (Å²) in [4.78, 5) is 0.175. The maximum Gasteiger partial charge on any atom is 0.244 e. The van der Waals surface area contributed by atoms with Crippen molar-refractivity contribution in [1.82, 2.24) is 10.0 Å². The molecule has 114 valence electrons. The summed E-state index contributed by atoms with van der Waals surface area (Å²) >= 11 is 3.17. The van der Waals surface area contributed by atoms with Crippen LogP contribution in [-0.4, -0.2) is 22.0 Å². The average Bonchev–Trinajstić information content (AvgIpc) is 2.94. The first-order chi connectivity index (χ1) is 9.42. The SMILES string of the molecule is CNCc1cc(S(=O)(=O)NCC2CCC(C)C2)c(Br)o1. The summed E-state index contributed by atoms with van der Waals surface area (Å²) in [6.07, 6.45) is 3.38. The number of nitrogens with one attached hydrogen (secondary N) is 2. The molecule has 1 saturated carbocycles. The first-order valence-corrected chi connectivity index (χ1v) is 9.12. The lowest BCUT2D eigenvalue weighted by Crippen LogP contribution is -2.28. The molecule has 5 nitrogen and oxygen atoms in total. The van der Waals surface area contributed by atoms with E-state index in [1.807, 2.05) is 0 Å². The number of sulfonamides is 1. The highest BCUT2D eigenvalue weighted by molar-refractivity contribution is 9.10. The molecule has 0 aromatic carbocycles. The summed E-state index contributed by atoms with van der Waals surface area (Å²) in [7, 11) is -1.73. The molecule has 20 heavy (non-hydrogen) atoms. The first-order valence-electron chi connectivity index (χ1n) is 6.85. The fourth-order valence-electron chi connectivity index (χ4n) is 2.66. The van der Waals surface area contributed by atoms with Crippen LogP contribution in [0.2, 0.25) is 0 Å². The molecule has 0 bridgehead atoms. The lowest BCUT2D eigenvalue weighted by molar-refractivity contribution is 0.469. The van der Waals surface area contributed by atoms with Crippen LogP contribution in [0, 0.1) is 11.8 Å². The van der Waals surface area contributed by atoms with Gasteiger partial charge in [0, 0.05) is 12.6 Å². The van der Waals surface area contributed by atoms with E-state index in [1.165, 1.54) is 6.42 Å². The third-order valence-electron chi connectivity index (χ3n) is 3.71. The number of hydrogen-bond donors (Lipinski definition) is 2. The van der Waals surface area contributed by atoms with E-state index in [-0.39, 0.29) is 9.56 Å². The summed E-state index contributed by atoms with van der Waals surface area (Å²) in [5.41, 5.74) is 0. The average molecular weight is 365 g/mol. The summed E-state index contributed by atoms with van der Waals surface area (Å²) in [6.45, 7) is 3.21. The van der Waals surface area contributed by atoms with Gasteiger partial charge in [0.2, 0.25) is 10.0 Å². The van der Waals surface area contributed by atoms with Gasteiger partial charge in [0.05, 0.1) is 6.54 Å². The van der Waals surface area contributed by atoms with Crippen molar-refractivity contribution in [2.24, 2.45) is 11.8 Å². The van der Waals surface area contributed by atoms with E-state index in [0.717, 1.165) is 12.8 Å². The van der Waals surface area contributed by atoms with Crippen LogP contribution in [0.4, 0.5) is 0 Å². The molecule has 1 aliphatic carbocycles. The van der Waals surface area contributed by atoms with Crippen LogP contribution in [0.5, 0.6) is 0 Å². The van der Waals surface area contributed by atoms with Gasteiger partial charge in [-0.15, -0.1) is 0 Å². The van der Waals surface area contributed by atoms with Crippen molar-refractivity contribution < 1.29 is 12.8 Å². The van der Waals surface area contributed by atoms with Crippen molar-refractivity contribution in [2.45, 2.75) is 37.6 Å². The lowest BCUT2D eigenvalue weighted by Gasteiger charge is -2.10. The molecule has 2 rings (SSSR count). The van der Waals surface area contributed by atoms with Gasteiger partial charge in [-0.25, -0.2) is 13.1 Å². The smallest absolute Gasteiger partial charge is 0.244 e. The van der Waals surface area contributed by atoms with E-state index < -0.39 is 10.0 Å². The van der Waals surface area contributed by atoms with Gasteiger partial charge in [-0.3, -0.25) is 0 Å². The molecular formula is C13H21BrN2O3S. The standard InChI is InChI=1S/C13H21BrN2O3S/c1-9-3-4-10(5-9)7-16-20(17,18)12-6-11(8-15-2)19-13(12)14/h6,9-10,15-16H,3-5,7-8H2,1-2H3. The van der Waals surface area contributed by atoms with Crippen LogP contribution in [0.1, 0.15) is 31.9 Å². The van der Waals surface area contributed by atoms with E-state index in [0.29, 0.717) is 30.7 Å². The van der Waals surface area contributed by atoms with Gasteiger partial charge in [0.25, 0.3) is 0 Å². The van der Waals surface area contributed by atoms with Crippen molar-refractivity contribution in [3.8, 4) is 0 Å². The van der Waals surface area contributed by atoms with E-state index in [2.05, 4.69) is 32.9 Å². The maximum atomic E-state index is 12.3. The van der Waals surface area contributed by atoms with Crippen LogP contribution >= 0.6 is 15.9 Å². The third kappa shape index (κ3) is 3.84. The summed E-state index contributed by atoms with van der Waals surface area (Å²) in [5.74, 6) is 1.74. The quantitative estimate of drug-likeness (QED) is 0.813. The normalized spacial score (nSPS) is 23.4. The number of halogens is 1. The van der Waals surface area contributed by atoms with Crippen LogP contribution in [-0.2, 0) is 16.6 Å². The van der Waals surface area contributed by atoms with Crippen molar-refractivity contribution in [3.63, 3.8) is 0 Å². The molecule has 1 heterocycles. The largest absolute Gasteiger partial charge is 0.452 e. The van der Waals surface area contributed by atoms with Crippen LogP contribution in [0.3, 0.4) is 0 Å². The molecular weight excluding hydrogens is 344 g/mol. The molecule has 1 aromatic rings. The summed E-state index contributed by atoms with van der Waals surface area (Å²) in [5, 5.41) is 2.93. The van der Waals surface area contributed by atoms with E-state index >= 15 is 0 Å². The van der Waals surface area contributed by atoms with Crippen molar-refractivity contribution in [2.75, 3.05) is 13.6 Å². The zero-order valence-corrected chi connectivity index (χ0v) is 14.2. The van der Waals surface area contributed by atoms with Crippen LogP contribution in [0.25, 0.3) is 0 Å². The molecule has 0 spiro atoms. The Kier molecular flexibility index (Phi) is 5.28. The van der Waals surface area contributed by atoms with Gasteiger partial charge in [-0.2, -0.15) is 0 Å². The molecule has 2 unspecified atom stereocenters. The van der Waals surface area contributed by atoms with E-state index in [1.54, 1.807) is 13.1 Å². The Morgan fingerprint density at radius 3 is 2.80 bits per heavy atom.